The maximum absolute atomic E-state index is 12.4. The number of amides is 1. The van der Waals surface area contributed by atoms with Gasteiger partial charge >= 0.3 is 0 Å². The smallest absolute Gasteiger partial charge is 0.247 e. The Morgan fingerprint density at radius 3 is 2.79 bits per heavy atom. The fourth-order valence-corrected chi connectivity index (χ4v) is 3.38. The number of rotatable bonds is 7. The van der Waals surface area contributed by atoms with E-state index in [4.69, 9.17) is 16.0 Å². The fourth-order valence-electron chi connectivity index (χ4n) is 2.63. The van der Waals surface area contributed by atoms with Gasteiger partial charge in [0.25, 0.3) is 0 Å². The van der Waals surface area contributed by atoms with Crippen LogP contribution in [0.4, 0.5) is 5.69 Å². The summed E-state index contributed by atoms with van der Waals surface area (Å²) in [5.74, 6) is 0.733. The van der Waals surface area contributed by atoms with Crippen LogP contribution < -0.4 is 5.32 Å². The second kappa shape index (κ2) is 9.23. The first kappa shape index (κ1) is 20.4. The molecule has 0 spiro atoms. The first-order valence-electron chi connectivity index (χ1n) is 8.70. The van der Waals surface area contributed by atoms with Crippen LogP contribution in [0.25, 0.3) is 11.5 Å². The molecular formula is C20H21ClN4O2S. The van der Waals surface area contributed by atoms with Crippen LogP contribution in [-0.2, 0) is 4.79 Å². The van der Waals surface area contributed by atoms with Crippen LogP contribution in [0.1, 0.15) is 18.9 Å². The van der Waals surface area contributed by atoms with E-state index in [2.05, 4.69) is 15.5 Å². The lowest BCUT2D eigenvalue weighted by Gasteiger charge is -2.21. The minimum absolute atomic E-state index is 0.106. The van der Waals surface area contributed by atoms with Crippen molar-refractivity contribution < 1.29 is 9.21 Å². The van der Waals surface area contributed by atoms with Crippen molar-refractivity contribution in [1.29, 1.82) is 0 Å². The topological polar surface area (TPSA) is 71.3 Å². The summed E-state index contributed by atoms with van der Waals surface area (Å²) in [7, 11) is 1.84. The van der Waals surface area contributed by atoms with Gasteiger partial charge in [-0.3, -0.25) is 9.69 Å². The summed E-state index contributed by atoms with van der Waals surface area (Å²) >= 11 is 7.61. The monoisotopic (exact) mass is 416 g/mol. The Morgan fingerprint density at radius 1 is 1.25 bits per heavy atom. The van der Waals surface area contributed by atoms with Gasteiger partial charge in [0.15, 0.2) is 0 Å². The lowest BCUT2D eigenvalue weighted by molar-refractivity contribution is -0.117. The molecule has 1 aromatic heterocycles. The number of likely N-dealkylation sites (N-methyl/N-ethyl adjacent to an activating group) is 1. The molecule has 1 atom stereocenters. The molecule has 0 saturated heterocycles. The van der Waals surface area contributed by atoms with Crippen molar-refractivity contribution >= 4 is 35.0 Å². The Labute approximate surface area is 173 Å². The third-order valence-electron chi connectivity index (χ3n) is 4.30. The van der Waals surface area contributed by atoms with Gasteiger partial charge in [-0.25, -0.2) is 0 Å². The predicted octanol–water partition coefficient (Wildman–Crippen LogP) is 4.74. The normalized spacial score (nSPS) is 12.2. The van der Waals surface area contributed by atoms with E-state index < -0.39 is 0 Å². The van der Waals surface area contributed by atoms with E-state index in [-0.39, 0.29) is 18.5 Å². The molecule has 0 aliphatic heterocycles. The summed E-state index contributed by atoms with van der Waals surface area (Å²) in [5.41, 5.74) is 1.56. The predicted molar refractivity (Wildman–Crippen MR) is 113 cm³/mol. The van der Waals surface area contributed by atoms with Crippen LogP contribution in [-0.4, -0.2) is 40.9 Å². The molecule has 6 nitrogen and oxygen atoms in total. The number of hydrogen-bond acceptors (Lipinski definition) is 6. The highest BCUT2D eigenvalue weighted by molar-refractivity contribution is 7.98. The van der Waals surface area contributed by atoms with Gasteiger partial charge in [-0.1, -0.05) is 29.8 Å². The second-order valence-electron chi connectivity index (χ2n) is 6.30. The van der Waals surface area contributed by atoms with Gasteiger partial charge in [0.2, 0.25) is 17.7 Å². The number of para-hydroxylation sites is 1. The van der Waals surface area contributed by atoms with E-state index in [1.165, 1.54) is 0 Å². The maximum Gasteiger partial charge on any atom is 0.247 e. The molecule has 0 unspecified atom stereocenters. The van der Waals surface area contributed by atoms with E-state index in [0.717, 1.165) is 16.1 Å². The molecular weight excluding hydrogens is 396 g/mol. The number of nitrogens with one attached hydrogen (secondary N) is 1. The van der Waals surface area contributed by atoms with Crippen molar-refractivity contribution in [3.63, 3.8) is 0 Å². The van der Waals surface area contributed by atoms with Gasteiger partial charge < -0.3 is 9.73 Å². The minimum Gasteiger partial charge on any atom is -0.419 e. The zero-order chi connectivity index (χ0) is 20.1. The van der Waals surface area contributed by atoms with Gasteiger partial charge in [-0.15, -0.1) is 22.0 Å². The number of carbonyl (C=O) groups is 1. The number of carbonyl (C=O) groups excluding carboxylic acids is 1. The van der Waals surface area contributed by atoms with Crippen LogP contribution in [0, 0.1) is 0 Å². The molecule has 3 aromatic rings. The minimum atomic E-state index is -0.220. The van der Waals surface area contributed by atoms with Gasteiger partial charge in [0.1, 0.15) is 0 Å². The number of anilines is 1. The Bertz CT molecular complexity index is 963. The van der Waals surface area contributed by atoms with Crippen LogP contribution in [0.3, 0.4) is 0 Å². The fraction of sp³-hybridized carbons (Fsp3) is 0.250. The van der Waals surface area contributed by atoms with Crippen molar-refractivity contribution in [2.45, 2.75) is 17.9 Å². The zero-order valence-corrected chi connectivity index (χ0v) is 17.4. The number of aromatic nitrogens is 2. The SMILES string of the molecule is CSc1ccccc1NC(=O)CN(C)[C@@H](C)c1nnc(-c2cccc(Cl)c2)o1. The average molecular weight is 417 g/mol. The molecule has 8 heteroatoms. The van der Waals surface area contributed by atoms with Gasteiger partial charge in [-0.05, 0) is 50.6 Å². The molecule has 0 bridgehead atoms. The highest BCUT2D eigenvalue weighted by Gasteiger charge is 2.21. The van der Waals surface area contributed by atoms with Crippen LogP contribution in [0.2, 0.25) is 5.02 Å². The van der Waals surface area contributed by atoms with E-state index >= 15 is 0 Å². The summed E-state index contributed by atoms with van der Waals surface area (Å²) in [5, 5.41) is 11.8. The van der Waals surface area contributed by atoms with E-state index in [9.17, 15) is 4.79 Å². The molecule has 1 N–H and O–H groups in total. The molecule has 0 aliphatic rings. The third kappa shape index (κ3) is 4.92. The van der Waals surface area contributed by atoms with Crippen LogP contribution >= 0.6 is 23.4 Å². The largest absolute Gasteiger partial charge is 0.419 e. The second-order valence-corrected chi connectivity index (χ2v) is 7.58. The van der Waals surface area contributed by atoms with Gasteiger partial charge in [0, 0.05) is 15.5 Å². The Kier molecular flexibility index (Phi) is 6.72. The first-order chi connectivity index (χ1) is 13.5. The summed E-state index contributed by atoms with van der Waals surface area (Å²) in [6.07, 6.45) is 1.98. The maximum atomic E-state index is 12.4. The lowest BCUT2D eigenvalue weighted by atomic mass is 10.2. The third-order valence-corrected chi connectivity index (χ3v) is 5.34. The number of halogens is 1. The molecule has 0 radical (unpaired) electrons. The highest BCUT2D eigenvalue weighted by Crippen LogP contribution is 2.26. The Balaban J connectivity index is 1.64. The molecule has 1 heterocycles. The standard InChI is InChI=1S/C20H21ClN4O2S/c1-13(19-23-24-20(27-19)14-7-6-8-15(21)11-14)25(2)12-18(26)22-16-9-4-5-10-17(16)28-3/h4-11,13H,12H2,1-3H3,(H,22,26)/t13-/m0/s1. The molecule has 3 rings (SSSR count). The quantitative estimate of drug-likeness (QED) is 0.561. The number of nitrogens with zero attached hydrogens (tertiary/aromatic N) is 3. The van der Waals surface area contributed by atoms with Gasteiger partial charge in [-0.2, -0.15) is 0 Å². The van der Waals surface area contributed by atoms with E-state index in [1.807, 2.05) is 61.5 Å². The Morgan fingerprint density at radius 2 is 2.04 bits per heavy atom. The summed E-state index contributed by atoms with van der Waals surface area (Å²) < 4.78 is 5.79. The number of thioether (sulfide) groups is 1. The van der Waals surface area contributed by atoms with Crippen molar-refractivity contribution in [1.82, 2.24) is 15.1 Å². The number of benzene rings is 2. The average Bonchev–Trinajstić information content (AvgIpc) is 3.18. The molecule has 2 aromatic carbocycles. The lowest BCUT2D eigenvalue weighted by Crippen LogP contribution is -2.32. The summed E-state index contributed by atoms with van der Waals surface area (Å²) in [4.78, 5) is 15.3. The first-order valence-corrected chi connectivity index (χ1v) is 10.3. The Hall–Kier alpha value is -2.35. The summed E-state index contributed by atoms with van der Waals surface area (Å²) in [6, 6.07) is 14.7. The zero-order valence-electron chi connectivity index (χ0n) is 15.8. The molecule has 0 saturated carbocycles. The van der Waals surface area contributed by atoms with E-state index in [1.54, 1.807) is 23.9 Å². The van der Waals surface area contributed by atoms with Crippen molar-refractivity contribution in [2.75, 3.05) is 25.2 Å². The van der Waals surface area contributed by atoms with Crippen molar-refractivity contribution in [3.8, 4) is 11.5 Å². The summed E-state index contributed by atoms with van der Waals surface area (Å²) in [6.45, 7) is 2.11. The number of hydrogen-bond donors (Lipinski definition) is 1. The molecule has 0 aliphatic carbocycles. The van der Waals surface area contributed by atoms with Crippen LogP contribution in [0.15, 0.2) is 57.8 Å². The van der Waals surface area contributed by atoms with Crippen LogP contribution in [0.5, 0.6) is 0 Å². The molecule has 146 valence electrons. The van der Waals surface area contributed by atoms with Crippen molar-refractivity contribution in [2.24, 2.45) is 0 Å². The molecule has 1 amide bonds. The van der Waals surface area contributed by atoms with Crippen molar-refractivity contribution in [3.05, 3.63) is 59.4 Å². The van der Waals surface area contributed by atoms with E-state index in [0.29, 0.717) is 16.8 Å². The molecule has 0 fully saturated rings. The van der Waals surface area contributed by atoms with Gasteiger partial charge in [0.05, 0.1) is 18.3 Å². The highest BCUT2D eigenvalue weighted by atomic mass is 35.5. The molecule has 28 heavy (non-hydrogen) atoms.